The summed E-state index contributed by atoms with van der Waals surface area (Å²) in [5, 5.41) is 8.42. The van der Waals surface area contributed by atoms with E-state index in [1.54, 1.807) is 0 Å². The van der Waals surface area contributed by atoms with Gasteiger partial charge in [-0.2, -0.15) is 0 Å². The van der Waals surface area contributed by atoms with Gasteiger partial charge in [-0.05, 0) is 24.3 Å². The second-order valence-electron chi connectivity index (χ2n) is 3.56. The number of carbonyl (C=O) groups is 2. The molecule has 8 heteroatoms. The third-order valence-electron chi connectivity index (χ3n) is 2.22. The van der Waals surface area contributed by atoms with Gasteiger partial charge in [0.2, 0.25) is 10.0 Å². The number of carboxylic acids is 1. The Balaban J connectivity index is 2.79. The molecular formula is C11H13NO6S. The fourth-order valence-electron chi connectivity index (χ4n) is 1.26. The molecule has 7 nitrogen and oxygen atoms in total. The molecule has 0 aliphatic heterocycles. The molecular weight excluding hydrogens is 274 g/mol. The number of sulfonamides is 1. The van der Waals surface area contributed by atoms with E-state index in [-0.39, 0.29) is 23.4 Å². The second-order valence-corrected chi connectivity index (χ2v) is 5.32. The molecule has 0 spiro atoms. The number of esters is 1. The van der Waals surface area contributed by atoms with Crippen molar-refractivity contribution in [2.75, 3.05) is 13.7 Å². The Labute approximate surface area is 110 Å². The van der Waals surface area contributed by atoms with E-state index in [4.69, 9.17) is 5.11 Å². The molecule has 0 unspecified atom stereocenters. The van der Waals surface area contributed by atoms with Gasteiger partial charge in [0.05, 0.1) is 24.0 Å². The minimum atomic E-state index is -3.77. The molecule has 2 N–H and O–H groups in total. The van der Waals surface area contributed by atoms with Crippen molar-refractivity contribution in [2.24, 2.45) is 0 Å². The van der Waals surface area contributed by atoms with E-state index in [0.29, 0.717) is 0 Å². The molecule has 0 aliphatic carbocycles. The number of carboxylic acid groups (broad SMARTS) is 1. The third-order valence-corrected chi connectivity index (χ3v) is 3.69. The molecule has 0 aromatic heterocycles. The number of hydrogen-bond acceptors (Lipinski definition) is 5. The van der Waals surface area contributed by atoms with Crippen LogP contribution in [0.5, 0.6) is 0 Å². The Morgan fingerprint density at radius 3 is 2.32 bits per heavy atom. The Kier molecular flexibility index (Phi) is 5.02. The summed E-state index contributed by atoms with van der Waals surface area (Å²) in [4.78, 5) is 21.4. The van der Waals surface area contributed by atoms with Crippen LogP contribution in [0, 0.1) is 0 Å². The first-order valence-corrected chi connectivity index (χ1v) is 6.75. The number of aliphatic carboxylic acids is 1. The van der Waals surface area contributed by atoms with Crippen LogP contribution in [0.2, 0.25) is 0 Å². The molecule has 0 saturated carbocycles. The lowest BCUT2D eigenvalue weighted by atomic mass is 10.2. The predicted octanol–water partition coefficient (Wildman–Crippen LogP) is 0.226. The van der Waals surface area contributed by atoms with Crippen molar-refractivity contribution in [3.63, 3.8) is 0 Å². The van der Waals surface area contributed by atoms with Gasteiger partial charge >= 0.3 is 11.9 Å². The molecule has 19 heavy (non-hydrogen) atoms. The average Bonchev–Trinajstić information content (AvgIpc) is 2.37. The van der Waals surface area contributed by atoms with E-state index in [9.17, 15) is 18.0 Å². The quantitative estimate of drug-likeness (QED) is 0.725. The van der Waals surface area contributed by atoms with Crippen molar-refractivity contribution >= 4 is 22.0 Å². The first-order valence-electron chi connectivity index (χ1n) is 5.26. The van der Waals surface area contributed by atoms with Crippen LogP contribution in [0.25, 0.3) is 0 Å². The third kappa shape index (κ3) is 4.34. The van der Waals surface area contributed by atoms with E-state index >= 15 is 0 Å². The smallest absolute Gasteiger partial charge is 0.337 e. The van der Waals surface area contributed by atoms with Crippen LogP contribution in [-0.2, 0) is 19.6 Å². The van der Waals surface area contributed by atoms with Crippen molar-refractivity contribution in [1.82, 2.24) is 4.72 Å². The Bertz CT molecular complexity index is 563. The summed E-state index contributed by atoms with van der Waals surface area (Å²) >= 11 is 0. The van der Waals surface area contributed by atoms with Crippen molar-refractivity contribution in [1.29, 1.82) is 0 Å². The highest BCUT2D eigenvalue weighted by Crippen LogP contribution is 2.11. The largest absolute Gasteiger partial charge is 0.481 e. The molecule has 0 fully saturated rings. The van der Waals surface area contributed by atoms with Gasteiger partial charge in [0.25, 0.3) is 0 Å². The minimum Gasteiger partial charge on any atom is -0.481 e. The molecule has 0 saturated heterocycles. The van der Waals surface area contributed by atoms with Crippen LogP contribution in [0.1, 0.15) is 16.8 Å². The van der Waals surface area contributed by atoms with Crippen molar-refractivity contribution < 1.29 is 27.9 Å². The predicted molar refractivity (Wildman–Crippen MR) is 65.2 cm³/mol. The maximum Gasteiger partial charge on any atom is 0.337 e. The van der Waals surface area contributed by atoms with Gasteiger partial charge in [0.1, 0.15) is 0 Å². The Morgan fingerprint density at radius 2 is 1.84 bits per heavy atom. The molecule has 0 atom stereocenters. The number of methoxy groups -OCH3 is 1. The molecule has 1 aromatic carbocycles. The fraction of sp³-hybridized carbons (Fsp3) is 0.273. The van der Waals surface area contributed by atoms with Gasteiger partial charge in [-0.25, -0.2) is 17.9 Å². The van der Waals surface area contributed by atoms with Gasteiger partial charge in [0.15, 0.2) is 0 Å². The molecule has 0 radical (unpaired) electrons. The normalized spacial score (nSPS) is 11.0. The number of benzene rings is 1. The van der Waals surface area contributed by atoms with E-state index < -0.39 is 22.0 Å². The lowest BCUT2D eigenvalue weighted by molar-refractivity contribution is -0.136. The maximum absolute atomic E-state index is 11.7. The number of ether oxygens (including phenoxy) is 1. The fourth-order valence-corrected chi connectivity index (χ4v) is 2.30. The summed E-state index contributed by atoms with van der Waals surface area (Å²) in [7, 11) is -2.55. The Morgan fingerprint density at radius 1 is 1.26 bits per heavy atom. The van der Waals surface area contributed by atoms with E-state index in [1.807, 2.05) is 0 Å². The highest BCUT2D eigenvalue weighted by Gasteiger charge is 2.15. The molecule has 0 bridgehead atoms. The van der Waals surface area contributed by atoms with Gasteiger partial charge in [0, 0.05) is 6.54 Å². The zero-order valence-electron chi connectivity index (χ0n) is 10.1. The van der Waals surface area contributed by atoms with E-state index in [0.717, 1.165) is 0 Å². The molecule has 1 rings (SSSR count). The Hall–Kier alpha value is -1.93. The molecule has 0 amide bonds. The van der Waals surface area contributed by atoms with Crippen molar-refractivity contribution in [2.45, 2.75) is 11.3 Å². The number of carbonyl (C=O) groups excluding carboxylic acids is 1. The van der Waals surface area contributed by atoms with E-state index in [2.05, 4.69) is 9.46 Å². The van der Waals surface area contributed by atoms with Gasteiger partial charge < -0.3 is 9.84 Å². The van der Waals surface area contributed by atoms with Crippen LogP contribution in [0.4, 0.5) is 0 Å². The lowest BCUT2D eigenvalue weighted by Gasteiger charge is -2.06. The van der Waals surface area contributed by atoms with Crippen LogP contribution in [-0.4, -0.2) is 39.1 Å². The van der Waals surface area contributed by atoms with Crippen LogP contribution >= 0.6 is 0 Å². The monoisotopic (exact) mass is 287 g/mol. The minimum absolute atomic E-state index is 0.0504. The molecule has 1 aromatic rings. The number of hydrogen-bond donors (Lipinski definition) is 2. The average molecular weight is 287 g/mol. The standard InChI is InChI=1S/C11H13NO6S/c1-18-11(15)8-2-4-9(5-3-8)19(16,17)12-7-6-10(13)14/h2-5,12H,6-7H2,1H3,(H,13,14). The summed E-state index contributed by atoms with van der Waals surface area (Å²) in [5.41, 5.74) is 0.229. The van der Waals surface area contributed by atoms with Gasteiger partial charge in [-0.15, -0.1) is 0 Å². The summed E-state index contributed by atoms with van der Waals surface area (Å²) in [6, 6.07) is 5.12. The SMILES string of the molecule is COC(=O)c1ccc(S(=O)(=O)NCCC(=O)O)cc1. The van der Waals surface area contributed by atoms with Gasteiger partial charge in [-0.1, -0.05) is 0 Å². The van der Waals surface area contributed by atoms with E-state index in [1.165, 1.54) is 31.4 Å². The summed E-state index contributed by atoms with van der Waals surface area (Å²) < 4.78 is 30.1. The highest BCUT2D eigenvalue weighted by molar-refractivity contribution is 7.89. The number of nitrogens with one attached hydrogen (secondary N) is 1. The zero-order valence-corrected chi connectivity index (χ0v) is 10.9. The molecule has 104 valence electrons. The first kappa shape index (κ1) is 15.1. The lowest BCUT2D eigenvalue weighted by Crippen LogP contribution is -2.26. The summed E-state index contributed by atoms with van der Waals surface area (Å²) in [5.74, 6) is -1.66. The van der Waals surface area contributed by atoms with Crippen molar-refractivity contribution in [3.05, 3.63) is 29.8 Å². The maximum atomic E-state index is 11.7. The number of rotatable bonds is 6. The topological polar surface area (TPSA) is 110 Å². The second kappa shape index (κ2) is 6.30. The molecule has 0 aliphatic rings. The first-order chi connectivity index (χ1) is 8.86. The summed E-state index contributed by atoms with van der Waals surface area (Å²) in [6.07, 6.45) is -0.306. The van der Waals surface area contributed by atoms with Crippen LogP contribution in [0.3, 0.4) is 0 Å². The zero-order chi connectivity index (χ0) is 14.5. The van der Waals surface area contributed by atoms with Crippen molar-refractivity contribution in [3.8, 4) is 0 Å². The highest BCUT2D eigenvalue weighted by atomic mass is 32.2. The van der Waals surface area contributed by atoms with Crippen LogP contribution in [0.15, 0.2) is 29.2 Å². The summed E-state index contributed by atoms with van der Waals surface area (Å²) in [6.45, 7) is -0.198. The van der Waals surface area contributed by atoms with Crippen LogP contribution < -0.4 is 4.72 Å². The molecule has 0 heterocycles. The van der Waals surface area contributed by atoms with Gasteiger partial charge in [-0.3, -0.25) is 4.79 Å².